The van der Waals surface area contributed by atoms with Gasteiger partial charge >= 0.3 is 5.97 Å². The topological polar surface area (TPSA) is 74.7 Å². The molecule has 20 heavy (non-hydrogen) atoms. The number of aromatic carboxylic acids is 1. The van der Waals surface area contributed by atoms with Crippen LogP contribution in [0.2, 0.25) is 5.02 Å². The third kappa shape index (κ3) is 2.87. The number of benzene rings is 1. The SMILES string of the molecule is CC1=CCN(S(=O)(=O)c2ccc(Cl)c(C(=O)O)c2)CC1. The summed E-state index contributed by atoms with van der Waals surface area (Å²) in [6, 6.07) is 3.73. The predicted molar refractivity (Wildman–Crippen MR) is 75.5 cm³/mol. The summed E-state index contributed by atoms with van der Waals surface area (Å²) in [5.41, 5.74) is 0.940. The van der Waals surface area contributed by atoms with Crippen LogP contribution in [0.4, 0.5) is 0 Å². The smallest absolute Gasteiger partial charge is 0.337 e. The Morgan fingerprint density at radius 1 is 1.40 bits per heavy atom. The van der Waals surface area contributed by atoms with Crippen LogP contribution in [0, 0.1) is 0 Å². The summed E-state index contributed by atoms with van der Waals surface area (Å²) in [5, 5.41) is 9.02. The molecule has 1 aromatic rings. The number of sulfonamides is 1. The average molecular weight is 316 g/mol. The molecule has 0 unspecified atom stereocenters. The van der Waals surface area contributed by atoms with Crippen LogP contribution in [-0.4, -0.2) is 36.9 Å². The number of halogens is 1. The maximum Gasteiger partial charge on any atom is 0.337 e. The van der Waals surface area contributed by atoms with Crippen LogP contribution in [0.15, 0.2) is 34.7 Å². The van der Waals surface area contributed by atoms with E-state index in [0.29, 0.717) is 19.5 Å². The molecule has 0 spiro atoms. The molecule has 1 aromatic carbocycles. The fourth-order valence-electron chi connectivity index (χ4n) is 1.95. The minimum Gasteiger partial charge on any atom is -0.478 e. The van der Waals surface area contributed by atoms with Crippen LogP contribution < -0.4 is 0 Å². The fourth-order valence-corrected chi connectivity index (χ4v) is 3.55. The highest BCUT2D eigenvalue weighted by Crippen LogP contribution is 2.24. The Morgan fingerprint density at radius 3 is 2.65 bits per heavy atom. The van der Waals surface area contributed by atoms with E-state index in [2.05, 4.69) is 0 Å². The van der Waals surface area contributed by atoms with Gasteiger partial charge in [0.2, 0.25) is 10.0 Å². The molecule has 0 saturated carbocycles. The van der Waals surface area contributed by atoms with Gasteiger partial charge in [-0.15, -0.1) is 0 Å². The highest BCUT2D eigenvalue weighted by Gasteiger charge is 2.26. The minimum absolute atomic E-state index is 0.0193. The van der Waals surface area contributed by atoms with Gasteiger partial charge in [0.25, 0.3) is 0 Å². The number of carboxylic acid groups (broad SMARTS) is 1. The summed E-state index contributed by atoms with van der Waals surface area (Å²) < 4.78 is 26.2. The minimum atomic E-state index is -3.69. The molecule has 2 rings (SSSR count). The van der Waals surface area contributed by atoms with E-state index in [1.807, 2.05) is 13.0 Å². The number of rotatable bonds is 3. The Bertz CT molecular complexity index is 682. The van der Waals surface area contributed by atoms with E-state index < -0.39 is 16.0 Å². The molecular formula is C13H14ClNO4S. The third-order valence-electron chi connectivity index (χ3n) is 3.20. The maximum absolute atomic E-state index is 12.4. The standard InChI is InChI=1S/C13H14ClNO4S/c1-9-4-6-15(7-5-9)20(18,19)10-2-3-12(14)11(8-10)13(16)17/h2-4,8H,5-7H2,1H3,(H,16,17). The Labute approximate surface area is 122 Å². The van der Waals surface area contributed by atoms with Crippen LogP contribution in [-0.2, 0) is 10.0 Å². The summed E-state index contributed by atoms with van der Waals surface area (Å²) in [6.45, 7) is 2.66. The second-order valence-electron chi connectivity index (χ2n) is 4.61. The number of nitrogens with zero attached hydrogens (tertiary/aromatic N) is 1. The lowest BCUT2D eigenvalue weighted by atomic mass is 10.1. The van der Waals surface area contributed by atoms with Crippen LogP contribution >= 0.6 is 11.6 Å². The Balaban J connectivity index is 2.40. The van der Waals surface area contributed by atoms with Gasteiger partial charge in [-0.1, -0.05) is 23.3 Å². The zero-order valence-corrected chi connectivity index (χ0v) is 12.4. The summed E-state index contributed by atoms with van der Waals surface area (Å²) in [6.07, 6.45) is 2.54. The maximum atomic E-state index is 12.4. The molecule has 0 atom stereocenters. The lowest BCUT2D eigenvalue weighted by molar-refractivity contribution is 0.0697. The monoisotopic (exact) mass is 315 g/mol. The second-order valence-corrected chi connectivity index (χ2v) is 6.96. The van der Waals surface area contributed by atoms with Gasteiger partial charge < -0.3 is 5.11 Å². The van der Waals surface area contributed by atoms with E-state index in [1.54, 1.807) is 0 Å². The van der Waals surface area contributed by atoms with Crippen molar-refractivity contribution in [1.82, 2.24) is 4.31 Å². The van der Waals surface area contributed by atoms with Crippen LogP contribution in [0.1, 0.15) is 23.7 Å². The molecule has 5 nitrogen and oxygen atoms in total. The van der Waals surface area contributed by atoms with Gasteiger partial charge in [0, 0.05) is 13.1 Å². The van der Waals surface area contributed by atoms with Gasteiger partial charge in [0.1, 0.15) is 0 Å². The molecule has 7 heteroatoms. The first-order valence-electron chi connectivity index (χ1n) is 6.01. The first-order valence-corrected chi connectivity index (χ1v) is 7.83. The highest BCUT2D eigenvalue weighted by molar-refractivity contribution is 7.89. The third-order valence-corrected chi connectivity index (χ3v) is 5.40. The van der Waals surface area contributed by atoms with E-state index in [9.17, 15) is 13.2 Å². The number of hydrogen-bond donors (Lipinski definition) is 1. The lowest BCUT2D eigenvalue weighted by Gasteiger charge is -2.24. The lowest BCUT2D eigenvalue weighted by Crippen LogP contribution is -2.34. The Morgan fingerprint density at radius 2 is 2.10 bits per heavy atom. The summed E-state index contributed by atoms with van der Waals surface area (Å²) in [7, 11) is -3.69. The zero-order valence-electron chi connectivity index (χ0n) is 10.8. The molecule has 0 aromatic heterocycles. The summed E-state index contributed by atoms with van der Waals surface area (Å²) in [4.78, 5) is 11.0. The van der Waals surface area contributed by atoms with Gasteiger partial charge in [-0.25, -0.2) is 13.2 Å². The molecule has 1 heterocycles. The van der Waals surface area contributed by atoms with Crippen molar-refractivity contribution in [1.29, 1.82) is 0 Å². The zero-order chi connectivity index (χ0) is 14.9. The largest absolute Gasteiger partial charge is 0.478 e. The first-order chi connectivity index (χ1) is 9.32. The average Bonchev–Trinajstić information content (AvgIpc) is 2.39. The first kappa shape index (κ1) is 15.0. The van der Waals surface area contributed by atoms with E-state index in [1.165, 1.54) is 16.4 Å². The van der Waals surface area contributed by atoms with Crippen LogP contribution in [0.3, 0.4) is 0 Å². The quantitative estimate of drug-likeness (QED) is 0.869. The normalized spacial score (nSPS) is 16.8. The molecule has 0 radical (unpaired) electrons. The number of carboxylic acids is 1. The Hall–Kier alpha value is -1.37. The van der Waals surface area contributed by atoms with E-state index in [4.69, 9.17) is 16.7 Å². The van der Waals surface area contributed by atoms with Crippen molar-refractivity contribution in [2.75, 3.05) is 13.1 Å². The molecule has 0 amide bonds. The molecule has 1 aliphatic rings. The number of carbonyl (C=O) groups is 1. The van der Waals surface area contributed by atoms with Crippen molar-refractivity contribution < 1.29 is 18.3 Å². The van der Waals surface area contributed by atoms with Crippen molar-refractivity contribution in [2.24, 2.45) is 0 Å². The van der Waals surface area contributed by atoms with Gasteiger partial charge in [-0.2, -0.15) is 4.31 Å². The van der Waals surface area contributed by atoms with Gasteiger partial charge in [-0.05, 0) is 31.5 Å². The highest BCUT2D eigenvalue weighted by atomic mass is 35.5. The predicted octanol–water partition coefficient (Wildman–Crippen LogP) is 2.38. The fraction of sp³-hybridized carbons (Fsp3) is 0.308. The molecular weight excluding hydrogens is 302 g/mol. The summed E-state index contributed by atoms with van der Waals surface area (Å²) in [5.74, 6) is -1.25. The second kappa shape index (κ2) is 5.55. The molecule has 0 fully saturated rings. The molecule has 0 saturated heterocycles. The van der Waals surface area contributed by atoms with E-state index >= 15 is 0 Å². The van der Waals surface area contributed by atoms with Crippen LogP contribution in [0.25, 0.3) is 0 Å². The molecule has 108 valence electrons. The molecule has 0 aliphatic carbocycles. The van der Waals surface area contributed by atoms with E-state index in [-0.39, 0.29) is 15.5 Å². The van der Waals surface area contributed by atoms with Gasteiger partial charge in [0.15, 0.2) is 0 Å². The molecule has 0 bridgehead atoms. The Kier molecular flexibility index (Phi) is 4.17. The van der Waals surface area contributed by atoms with Crippen molar-refractivity contribution in [3.05, 3.63) is 40.4 Å². The van der Waals surface area contributed by atoms with Gasteiger partial charge in [-0.3, -0.25) is 0 Å². The van der Waals surface area contributed by atoms with Gasteiger partial charge in [0.05, 0.1) is 15.5 Å². The van der Waals surface area contributed by atoms with Crippen molar-refractivity contribution in [3.8, 4) is 0 Å². The molecule has 1 aliphatic heterocycles. The van der Waals surface area contributed by atoms with Crippen molar-refractivity contribution >= 4 is 27.6 Å². The van der Waals surface area contributed by atoms with Crippen LogP contribution in [0.5, 0.6) is 0 Å². The summed E-state index contributed by atoms with van der Waals surface area (Å²) >= 11 is 5.75. The van der Waals surface area contributed by atoms with E-state index in [0.717, 1.165) is 11.6 Å². The van der Waals surface area contributed by atoms with Crippen molar-refractivity contribution in [3.63, 3.8) is 0 Å². The van der Waals surface area contributed by atoms with Crippen molar-refractivity contribution in [2.45, 2.75) is 18.2 Å². The number of hydrogen-bond acceptors (Lipinski definition) is 3. The molecule has 1 N–H and O–H groups in total.